The summed E-state index contributed by atoms with van der Waals surface area (Å²) in [6.07, 6.45) is 0. The molecule has 0 saturated carbocycles. The van der Waals surface area contributed by atoms with Gasteiger partial charge >= 0.3 is 0 Å². The third-order valence-corrected chi connectivity index (χ3v) is 3.31. The van der Waals surface area contributed by atoms with E-state index in [0.29, 0.717) is 4.99 Å². The van der Waals surface area contributed by atoms with Crippen molar-refractivity contribution in [2.75, 3.05) is 13.7 Å². The molecule has 0 fully saturated rings. The lowest BCUT2D eigenvalue weighted by Crippen LogP contribution is -2.43. The summed E-state index contributed by atoms with van der Waals surface area (Å²) in [7, 11) is 2.00. The number of thiocarbonyl (C=S) groups is 1. The highest BCUT2D eigenvalue weighted by molar-refractivity contribution is 7.80. The van der Waals surface area contributed by atoms with Gasteiger partial charge in [-0.05, 0) is 26.5 Å². The maximum atomic E-state index is 9.28. The second-order valence-corrected chi connectivity index (χ2v) is 5.33. The summed E-state index contributed by atoms with van der Waals surface area (Å²) in [6.45, 7) is 4.94. The molecule has 0 saturated heterocycles. The number of hydrogen-bond acceptors (Lipinski definition) is 3. The molecule has 0 heterocycles. The van der Waals surface area contributed by atoms with Gasteiger partial charge in [-0.25, -0.2) is 0 Å². The van der Waals surface area contributed by atoms with Gasteiger partial charge < -0.3 is 10.8 Å². The van der Waals surface area contributed by atoms with E-state index in [4.69, 9.17) is 18.0 Å². The van der Waals surface area contributed by atoms with Crippen LogP contribution in [0.15, 0.2) is 24.3 Å². The lowest BCUT2D eigenvalue weighted by molar-refractivity contribution is 0.0734. The predicted molar refractivity (Wildman–Crippen MR) is 75.0 cm³/mol. The Morgan fingerprint density at radius 1 is 1.35 bits per heavy atom. The van der Waals surface area contributed by atoms with Gasteiger partial charge in [0.1, 0.15) is 4.99 Å². The van der Waals surface area contributed by atoms with E-state index in [9.17, 15) is 5.11 Å². The Morgan fingerprint density at radius 2 is 1.88 bits per heavy atom. The van der Waals surface area contributed by atoms with Crippen molar-refractivity contribution in [1.29, 1.82) is 0 Å². The Bertz CT molecular complexity index is 387. The minimum atomic E-state index is -0.220. The highest BCUT2D eigenvalue weighted by Gasteiger charge is 2.22. The van der Waals surface area contributed by atoms with Crippen LogP contribution in [0.2, 0.25) is 0 Å². The van der Waals surface area contributed by atoms with Gasteiger partial charge in [0.15, 0.2) is 0 Å². The third-order valence-electron chi connectivity index (χ3n) is 3.08. The van der Waals surface area contributed by atoms with Crippen molar-refractivity contribution in [3.63, 3.8) is 0 Å². The molecule has 0 amide bonds. The molecular weight excluding hydrogens is 232 g/mol. The number of aliphatic hydroxyl groups excluding tert-OH is 1. The van der Waals surface area contributed by atoms with Crippen LogP contribution >= 0.6 is 12.2 Å². The number of benzene rings is 1. The summed E-state index contributed by atoms with van der Waals surface area (Å²) in [4.78, 5) is 2.53. The van der Waals surface area contributed by atoms with Crippen molar-refractivity contribution in [3.05, 3.63) is 35.4 Å². The van der Waals surface area contributed by atoms with E-state index in [1.54, 1.807) is 0 Å². The van der Waals surface area contributed by atoms with Crippen molar-refractivity contribution in [2.45, 2.75) is 25.9 Å². The van der Waals surface area contributed by atoms with Crippen LogP contribution in [-0.4, -0.2) is 34.2 Å². The highest BCUT2D eigenvalue weighted by atomic mass is 32.1. The molecule has 0 aliphatic heterocycles. The van der Waals surface area contributed by atoms with Crippen LogP contribution in [0.1, 0.15) is 25.0 Å². The summed E-state index contributed by atoms with van der Waals surface area (Å²) >= 11 is 4.91. The fraction of sp³-hybridized carbons (Fsp3) is 0.462. The summed E-state index contributed by atoms with van der Waals surface area (Å²) in [6, 6.07) is 7.88. The van der Waals surface area contributed by atoms with Gasteiger partial charge in [-0.2, -0.15) is 0 Å². The van der Waals surface area contributed by atoms with Gasteiger partial charge in [-0.1, -0.05) is 36.5 Å². The number of nitrogens with zero attached hydrogens (tertiary/aromatic N) is 1. The summed E-state index contributed by atoms with van der Waals surface area (Å²) in [5.41, 5.74) is 7.38. The zero-order chi connectivity index (χ0) is 13.1. The predicted octanol–water partition coefficient (Wildman–Crippen LogP) is 1.52. The number of nitrogens with two attached hydrogens (primary N) is 1. The van der Waals surface area contributed by atoms with Crippen LogP contribution in [0.5, 0.6) is 0 Å². The Labute approximate surface area is 108 Å². The molecule has 1 aromatic carbocycles. The minimum absolute atomic E-state index is 0.133. The van der Waals surface area contributed by atoms with E-state index in [1.807, 2.05) is 45.2 Å². The molecule has 0 bridgehead atoms. The minimum Gasteiger partial charge on any atom is -0.394 e. The van der Waals surface area contributed by atoms with E-state index in [0.717, 1.165) is 12.1 Å². The molecule has 0 spiro atoms. The maximum Gasteiger partial charge on any atom is 0.103 e. The van der Waals surface area contributed by atoms with Gasteiger partial charge in [0.2, 0.25) is 0 Å². The van der Waals surface area contributed by atoms with Gasteiger partial charge in [-0.3, -0.25) is 4.90 Å². The van der Waals surface area contributed by atoms with E-state index >= 15 is 0 Å². The van der Waals surface area contributed by atoms with E-state index in [2.05, 4.69) is 4.90 Å². The van der Waals surface area contributed by atoms with E-state index in [-0.39, 0.29) is 12.1 Å². The van der Waals surface area contributed by atoms with Gasteiger partial charge in [0.25, 0.3) is 0 Å². The average molecular weight is 252 g/mol. The fourth-order valence-electron chi connectivity index (χ4n) is 1.38. The standard InChI is InChI=1S/C13H20N2OS/c1-13(2,9-16)15(3)8-10-4-6-11(7-5-10)12(14)17/h4-7,16H,8-9H2,1-3H3,(H2,14,17). The summed E-state index contributed by atoms with van der Waals surface area (Å²) < 4.78 is 0. The van der Waals surface area contributed by atoms with Crippen molar-refractivity contribution in [1.82, 2.24) is 4.90 Å². The molecular formula is C13H20N2OS. The van der Waals surface area contributed by atoms with Crippen molar-refractivity contribution < 1.29 is 5.11 Å². The molecule has 0 unspecified atom stereocenters. The second-order valence-electron chi connectivity index (χ2n) is 4.89. The monoisotopic (exact) mass is 252 g/mol. The first-order chi connectivity index (χ1) is 7.86. The largest absolute Gasteiger partial charge is 0.394 e. The van der Waals surface area contributed by atoms with Crippen LogP contribution < -0.4 is 5.73 Å². The molecule has 0 radical (unpaired) electrons. The zero-order valence-electron chi connectivity index (χ0n) is 10.6. The Balaban J connectivity index is 2.73. The lowest BCUT2D eigenvalue weighted by Gasteiger charge is -2.33. The fourth-order valence-corrected chi connectivity index (χ4v) is 1.52. The van der Waals surface area contributed by atoms with Crippen LogP contribution in [0.25, 0.3) is 0 Å². The number of rotatable bonds is 5. The topological polar surface area (TPSA) is 49.5 Å². The Morgan fingerprint density at radius 3 is 2.29 bits per heavy atom. The zero-order valence-corrected chi connectivity index (χ0v) is 11.4. The van der Waals surface area contributed by atoms with E-state index < -0.39 is 0 Å². The Hall–Kier alpha value is -0.970. The van der Waals surface area contributed by atoms with Crippen LogP contribution in [0.4, 0.5) is 0 Å². The molecule has 0 aliphatic rings. The SMILES string of the molecule is CN(Cc1ccc(C(N)=S)cc1)C(C)(C)CO. The first-order valence-corrected chi connectivity index (χ1v) is 5.98. The first-order valence-electron chi connectivity index (χ1n) is 5.57. The quantitative estimate of drug-likeness (QED) is 0.780. The van der Waals surface area contributed by atoms with Gasteiger partial charge in [-0.15, -0.1) is 0 Å². The first kappa shape index (κ1) is 14.1. The van der Waals surface area contributed by atoms with E-state index in [1.165, 1.54) is 5.56 Å². The average Bonchev–Trinajstić information content (AvgIpc) is 2.29. The smallest absolute Gasteiger partial charge is 0.103 e. The van der Waals surface area contributed by atoms with Crippen molar-refractivity contribution >= 4 is 17.2 Å². The maximum absolute atomic E-state index is 9.28. The Kier molecular flexibility index (Phi) is 4.62. The van der Waals surface area contributed by atoms with Crippen LogP contribution in [0, 0.1) is 0 Å². The van der Waals surface area contributed by atoms with Gasteiger partial charge in [0.05, 0.1) is 6.61 Å². The summed E-state index contributed by atoms with van der Waals surface area (Å²) in [5, 5.41) is 9.28. The highest BCUT2D eigenvalue weighted by Crippen LogP contribution is 2.15. The molecule has 0 aliphatic carbocycles. The molecule has 17 heavy (non-hydrogen) atoms. The number of likely N-dealkylation sites (N-methyl/N-ethyl adjacent to an activating group) is 1. The molecule has 0 aromatic heterocycles. The molecule has 0 atom stereocenters. The third kappa shape index (κ3) is 3.77. The van der Waals surface area contributed by atoms with Crippen molar-refractivity contribution in [3.8, 4) is 0 Å². The molecule has 3 N–H and O–H groups in total. The molecule has 1 rings (SSSR count). The van der Waals surface area contributed by atoms with Crippen LogP contribution in [-0.2, 0) is 6.54 Å². The normalized spacial score (nSPS) is 11.8. The molecule has 1 aromatic rings. The molecule has 3 nitrogen and oxygen atoms in total. The number of hydrogen-bond donors (Lipinski definition) is 2. The molecule has 4 heteroatoms. The molecule has 94 valence electrons. The summed E-state index contributed by atoms with van der Waals surface area (Å²) in [5.74, 6) is 0. The van der Waals surface area contributed by atoms with Crippen LogP contribution in [0.3, 0.4) is 0 Å². The second kappa shape index (κ2) is 5.58. The lowest BCUT2D eigenvalue weighted by atomic mass is 10.0. The van der Waals surface area contributed by atoms with Gasteiger partial charge in [0, 0.05) is 17.6 Å². The van der Waals surface area contributed by atoms with Crippen molar-refractivity contribution in [2.24, 2.45) is 5.73 Å². The number of aliphatic hydroxyl groups is 1.